The molecule has 76 valence electrons. The molecule has 9 heteroatoms. The van der Waals surface area contributed by atoms with E-state index in [2.05, 4.69) is 0 Å². The van der Waals surface area contributed by atoms with Crippen molar-refractivity contribution in [3.05, 3.63) is 6.42 Å². The van der Waals surface area contributed by atoms with Gasteiger partial charge in [-0.15, -0.1) is 0 Å². The van der Waals surface area contributed by atoms with Crippen molar-refractivity contribution >= 4 is 11.6 Å². The van der Waals surface area contributed by atoms with Crippen molar-refractivity contribution in [2.24, 2.45) is 0 Å². The predicted molar refractivity (Wildman–Crippen MR) is 26.4 cm³/mol. The van der Waals surface area contributed by atoms with Crippen LogP contribution in [0.25, 0.3) is 0 Å². The van der Waals surface area contributed by atoms with Crippen LogP contribution in [0.5, 0.6) is 0 Å². The minimum atomic E-state index is -5.46. The Morgan fingerprint density at radius 1 is 0.786 bits per heavy atom. The largest absolute Gasteiger partial charge is 1.00 e. The molecule has 0 aliphatic carbocycles. The molecular formula is C5HF6NaO2. The predicted octanol–water partition coefficient (Wildman–Crippen LogP) is -1.54. The molecule has 0 saturated heterocycles. The van der Waals surface area contributed by atoms with Gasteiger partial charge in [0, 0.05) is 0 Å². The number of carbonyl (C=O) groups excluding carboxylic acids is 2. The van der Waals surface area contributed by atoms with E-state index in [4.69, 9.17) is 0 Å². The average molecular weight is 230 g/mol. The third-order valence-electron chi connectivity index (χ3n) is 0.821. The maximum Gasteiger partial charge on any atom is 1.00 e. The molecule has 0 rings (SSSR count). The fourth-order valence-electron chi connectivity index (χ4n) is 0.283. The van der Waals surface area contributed by atoms with Crippen LogP contribution in [-0.2, 0) is 9.59 Å². The van der Waals surface area contributed by atoms with Crippen LogP contribution in [0.4, 0.5) is 26.3 Å². The third-order valence-corrected chi connectivity index (χ3v) is 0.821. The quantitative estimate of drug-likeness (QED) is 0.249. The zero-order chi connectivity index (χ0) is 10.9. The van der Waals surface area contributed by atoms with E-state index < -0.39 is 30.3 Å². The fraction of sp³-hybridized carbons (Fsp3) is 0.400. The zero-order valence-corrected chi connectivity index (χ0v) is 8.66. The Morgan fingerprint density at radius 3 is 1.14 bits per heavy atom. The van der Waals surface area contributed by atoms with Crippen LogP contribution >= 0.6 is 0 Å². The molecular weight excluding hydrogens is 229 g/mol. The first kappa shape index (κ1) is 16.2. The van der Waals surface area contributed by atoms with E-state index >= 15 is 0 Å². The van der Waals surface area contributed by atoms with E-state index in [1.54, 1.807) is 0 Å². The second-order valence-electron chi connectivity index (χ2n) is 1.87. The van der Waals surface area contributed by atoms with Crippen molar-refractivity contribution < 1.29 is 65.5 Å². The van der Waals surface area contributed by atoms with Crippen molar-refractivity contribution in [3.63, 3.8) is 0 Å². The summed E-state index contributed by atoms with van der Waals surface area (Å²) in [7, 11) is 0. The molecule has 0 saturated carbocycles. The number of hydrogen-bond acceptors (Lipinski definition) is 2. The Hall–Kier alpha value is -0.210. The van der Waals surface area contributed by atoms with E-state index in [-0.39, 0.29) is 29.6 Å². The molecule has 0 aromatic carbocycles. The number of hydrogen-bond donors (Lipinski definition) is 0. The molecule has 0 fully saturated rings. The summed E-state index contributed by atoms with van der Waals surface area (Å²) in [5, 5.41) is 0. The van der Waals surface area contributed by atoms with Gasteiger partial charge in [-0.25, -0.2) is 6.42 Å². The Morgan fingerprint density at radius 2 is 1.00 bits per heavy atom. The topological polar surface area (TPSA) is 34.1 Å². The molecule has 14 heavy (non-hydrogen) atoms. The van der Waals surface area contributed by atoms with Crippen molar-refractivity contribution in [2.45, 2.75) is 12.4 Å². The minimum absolute atomic E-state index is 0. The second kappa shape index (κ2) is 5.04. The Kier molecular flexibility index (Phi) is 5.84. The molecule has 0 heterocycles. The van der Waals surface area contributed by atoms with Crippen LogP contribution < -0.4 is 29.6 Å². The summed E-state index contributed by atoms with van der Waals surface area (Å²) in [6.07, 6.45) is -11.9. The molecule has 0 bridgehead atoms. The minimum Gasteiger partial charge on any atom is -0.324 e. The maximum absolute atomic E-state index is 11.3. The molecule has 0 N–H and O–H groups in total. The van der Waals surface area contributed by atoms with Gasteiger partial charge in [0.05, 0.1) is 0 Å². The van der Waals surface area contributed by atoms with Gasteiger partial charge < -0.3 is 9.59 Å². The van der Waals surface area contributed by atoms with E-state index in [0.717, 1.165) is 0 Å². The first-order valence-corrected chi connectivity index (χ1v) is 2.62. The van der Waals surface area contributed by atoms with Gasteiger partial charge in [-0.1, -0.05) is 0 Å². The summed E-state index contributed by atoms with van der Waals surface area (Å²) in [6, 6.07) is 0. The van der Waals surface area contributed by atoms with E-state index in [9.17, 15) is 35.9 Å². The maximum atomic E-state index is 11.3. The third kappa shape index (κ3) is 5.51. The van der Waals surface area contributed by atoms with Gasteiger partial charge >= 0.3 is 41.9 Å². The molecule has 0 aliphatic rings. The number of ketones is 2. The van der Waals surface area contributed by atoms with Crippen LogP contribution in [0.1, 0.15) is 0 Å². The summed E-state index contributed by atoms with van der Waals surface area (Å²) in [6.45, 7) is 0. The summed E-state index contributed by atoms with van der Waals surface area (Å²) in [5.74, 6) is -5.65. The van der Waals surface area contributed by atoms with Crippen molar-refractivity contribution in [1.29, 1.82) is 0 Å². The zero-order valence-electron chi connectivity index (χ0n) is 6.66. The van der Waals surface area contributed by atoms with Crippen molar-refractivity contribution in [2.75, 3.05) is 0 Å². The van der Waals surface area contributed by atoms with Gasteiger partial charge in [-0.05, 0) is 0 Å². The molecule has 0 unspecified atom stereocenters. The van der Waals surface area contributed by atoms with Crippen LogP contribution in [0.3, 0.4) is 0 Å². The van der Waals surface area contributed by atoms with Gasteiger partial charge in [-0.2, -0.15) is 26.3 Å². The molecule has 0 aliphatic heterocycles. The van der Waals surface area contributed by atoms with Crippen LogP contribution in [0.15, 0.2) is 0 Å². The van der Waals surface area contributed by atoms with Crippen molar-refractivity contribution in [3.8, 4) is 0 Å². The SMILES string of the molecule is O=C([CH-]C(=O)C(F)(F)F)C(F)(F)F.[Na+]. The number of halogens is 6. The normalized spacial score (nSPS) is 11.6. The number of Topliss-reactive ketones (excluding diaryl/α,β-unsaturated/α-hetero) is 2. The first-order valence-electron chi connectivity index (χ1n) is 2.62. The Bertz CT molecular complexity index is 205. The first-order chi connectivity index (χ1) is 5.55. The van der Waals surface area contributed by atoms with Gasteiger partial charge in [0.1, 0.15) is 11.6 Å². The number of alkyl halides is 6. The van der Waals surface area contributed by atoms with Crippen LogP contribution in [0, 0.1) is 6.42 Å². The van der Waals surface area contributed by atoms with Crippen LogP contribution in [-0.4, -0.2) is 23.9 Å². The van der Waals surface area contributed by atoms with Gasteiger partial charge in [0.2, 0.25) is 0 Å². The van der Waals surface area contributed by atoms with Gasteiger partial charge in [0.15, 0.2) is 0 Å². The van der Waals surface area contributed by atoms with Gasteiger partial charge in [0.25, 0.3) is 0 Å². The Balaban J connectivity index is 0. The van der Waals surface area contributed by atoms with Crippen molar-refractivity contribution in [1.82, 2.24) is 0 Å². The van der Waals surface area contributed by atoms with E-state index in [1.165, 1.54) is 0 Å². The monoisotopic (exact) mass is 230 g/mol. The smallest absolute Gasteiger partial charge is 0.324 e. The average Bonchev–Trinajstić information content (AvgIpc) is 1.82. The summed E-state index contributed by atoms with van der Waals surface area (Å²) < 4.78 is 67.8. The molecule has 0 aromatic rings. The van der Waals surface area contributed by atoms with Gasteiger partial charge in [-0.3, -0.25) is 0 Å². The molecule has 0 aromatic heterocycles. The standard InChI is InChI=1S/C5HF6O2.Na/c6-4(7,8)2(12)1-3(13)5(9,10)11;/h1H;/q-1;+1. The summed E-state index contributed by atoms with van der Waals surface area (Å²) in [4.78, 5) is 19.6. The fourth-order valence-corrected chi connectivity index (χ4v) is 0.283. The second-order valence-corrected chi connectivity index (χ2v) is 1.87. The number of carbonyl (C=O) groups is 2. The summed E-state index contributed by atoms with van der Waals surface area (Å²) >= 11 is 0. The van der Waals surface area contributed by atoms with E-state index in [1.807, 2.05) is 0 Å². The van der Waals surface area contributed by atoms with Crippen LogP contribution in [0.2, 0.25) is 0 Å². The molecule has 0 spiro atoms. The molecule has 0 amide bonds. The van der Waals surface area contributed by atoms with E-state index in [0.29, 0.717) is 0 Å². The molecule has 0 radical (unpaired) electrons. The number of rotatable bonds is 2. The Labute approximate surface area is 95.9 Å². The molecule has 0 atom stereocenters. The molecule has 2 nitrogen and oxygen atoms in total. The summed E-state index contributed by atoms with van der Waals surface area (Å²) in [5.41, 5.74) is 0.